The van der Waals surface area contributed by atoms with Crippen LogP contribution in [0.2, 0.25) is 5.15 Å². The highest BCUT2D eigenvalue weighted by atomic mass is 35.5. The molecule has 5 heteroatoms. The number of halogens is 1. The summed E-state index contributed by atoms with van der Waals surface area (Å²) >= 11 is 5.75. The van der Waals surface area contributed by atoms with E-state index in [1.807, 2.05) is 0 Å². The summed E-state index contributed by atoms with van der Waals surface area (Å²) in [6.45, 7) is 0. The van der Waals surface area contributed by atoms with Crippen molar-refractivity contribution < 1.29 is 4.79 Å². The van der Waals surface area contributed by atoms with Gasteiger partial charge < -0.3 is 5.73 Å². The molecule has 4 nitrogen and oxygen atoms in total. The topological polar surface area (TPSA) is 68.9 Å². The Hall–Kier alpha value is -2.12. The Morgan fingerprint density at radius 2 is 2.24 bits per heavy atom. The number of carbonyl (C=O) groups is 1. The zero-order valence-electron chi connectivity index (χ0n) is 8.77. The molecule has 84 valence electrons. The molecule has 1 amide bonds. The molecule has 0 unspecified atom stereocenters. The van der Waals surface area contributed by atoms with Crippen LogP contribution >= 0.6 is 11.6 Å². The van der Waals surface area contributed by atoms with Gasteiger partial charge in [0.2, 0.25) is 5.91 Å². The lowest BCUT2D eigenvalue weighted by molar-refractivity contribution is -0.117. The lowest BCUT2D eigenvalue weighted by Gasteiger charge is -1.97. The van der Waals surface area contributed by atoms with Gasteiger partial charge in [0.1, 0.15) is 5.15 Å². The van der Waals surface area contributed by atoms with E-state index < -0.39 is 5.91 Å². The second-order valence-electron chi connectivity index (χ2n) is 3.34. The number of carbonyl (C=O) groups excluding carboxylic acids is 1. The first-order valence-corrected chi connectivity index (χ1v) is 5.22. The standard InChI is InChI=1S/C12H8ClN3O/c13-11-7-15-9-5-4-8(6-10(9)16-11)2-1-3-12(14)17/h4-7H,3H2,(H2,14,17). The Labute approximate surface area is 103 Å². The van der Waals surface area contributed by atoms with Gasteiger partial charge in [0.05, 0.1) is 23.7 Å². The number of rotatable bonds is 1. The number of hydrogen-bond donors (Lipinski definition) is 1. The van der Waals surface area contributed by atoms with E-state index in [1.54, 1.807) is 18.2 Å². The maximum absolute atomic E-state index is 10.5. The number of nitrogens with zero attached hydrogens (tertiary/aromatic N) is 2. The van der Waals surface area contributed by atoms with Crippen LogP contribution in [0, 0.1) is 11.8 Å². The summed E-state index contributed by atoms with van der Waals surface area (Å²) in [5, 5.41) is 0.333. The van der Waals surface area contributed by atoms with Crippen molar-refractivity contribution in [3.8, 4) is 11.8 Å². The lowest BCUT2D eigenvalue weighted by atomic mass is 10.2. The predicted octanol–water partition coefficient (Wildman–Crippen LogP) is 1.51. The smallest absolute Gasteiger partial charge is 0.229 e. The summed E-state index contributed by atoms with van der Waals surface area (Å²) in [7, 11) is 0. The average molecular weight is 246 g/mol. The summed E-state index contributed by atoms with van der Waals surface area (Å²) < 4.78 is 0. The molecule has 0 saturated carbocycles. The van der Waals surface area contributed by atoms with Gasteiger partial charge in [0.25, 0.3) is 0 Å². The molecule has 1 heterocycles. The highest BCUT2D eigenvalue weighted by Crippen LogP contribution is 2.13. The van der Waals surface area contributed by atoms with Crippen molar-refractivity contribution in [2.75, 3.05) is 0 Å². The Bertz CT molecular complexity index is 643. The first-order chi connectivity index (χ1) is 8.15. The van der Waals surface area contributed by atoms with Crippen LogP contribution in [0.4, 0.5) is 0 Å². The minimum absolute atomic E-state index is 0.0409. The molecule has 2 rings (SSSR count). The largest absolute Gasteiger partial charge is 0.369 e. The number of nitrogens with two attached hydrogens (primary N) is 1. The normalized spacial score (nSPS) is 9.71. The van der Waals surface area contributed by atoms with Crippen molar-refractivity contribution in [2.45, 2.75) is 6.42 Å². The summed E-state index contributed by atoms with van der Waals surface area (Å²) in [5.41, 5.74) is 7.15. The molecule has 1 aromatic heterocycles. The van der Waals surface area contributed by atoms with Gasteiger partial charge >= 0.3 is 0 Å². The van der Waals surface area contributed by atoms with E-state index in [0.29, 0.717) is 10.7 Å². The first-order valence-electron chi connectivity index (χ1n) is 4.84. The minimum Gasteiger partial charge on any atom is -0.369 e. The monoisotopic (exact) mass is 245 g/mol. The SMILES string of the molecule is NC(=O)CC#Cc1ccc2ncc(Cl)nc2c1. The van der Waals surface area contributed by atoms with Gasteiger partial charge in [-0.2, -0.15) is 0 Å². The van der Waals surface area contributed by atoms with Crippen molar-refractivity contribution in [1.82, 2.24) is 9.97 Å². The molecular formula is C12H8ClN3O. The van der Waals surface area contributed by atoms with Crippen LogP contribution in [0.25, 0.3) is 11.0 Å². The van der Waals surface area contributed by atoms with Gasteiger partial charge in [-0.1, -0.05) is 23.4 Å². The summed E-state index contributed by atoms with van der Waals surface area (Å²) in [4.78, 5) is 18.8. The molecule has 0 aliphatic heterocycles. The van der Waals surface area contributed by atoms with Crippen molar-refractivity contribution in [1.29, 1.82) is 0 Å². The zero-order valence-corrected chi connectivity index (χ0v) is 9.53. The Morgan fingerprint density at radius 1 is 1.41 bits per heavy atom. The molecule has 0 aliphatic carbocycles. The van der Waals surface area contributed by atoms with Crippen molar-refractivity contribution >= 4 is 28.5 Å². The third-order valence-electron chi connectivity index (χ3n) is 2.01. The quantitative estimate of drug-likeness (QED) is 0.775. The fourth-order valence-corrected chi connectivity index (χ4v) is 1.44. The maximum atomic E-state index is 10.5. The van der Waals surface area contributed by atoms with Gasteiger partial charge in [0.15, 0.2) is 0 Å². The molecule has 0 spiro atoms. The maximum Gasteiger partial charge on any atom is 0.229 e. The third-order valence-corrected chi connectivity index (χ3v) is 2.19. The van der Waals surface area contributed by atoms with Crippen LogP contribution in [0.15, 0.2) is 24.4 Å². The van der Waals surface area contributed by atoms with E-state index in [2.05, 4.69) is 21.8 Å². The Morgan fingerprint density at radius 3 is 3.00 bits per heavy atom. The van der Waals surface area contributed by atoms with Crippen LogP contribution in [-0.2, 0) is 4.79 Å². The fraction of sp³-hybridized carbons (Fsp3) is 0.0833. The van der Waals surface area contributed by atoms with Crippen LogP contribution in [-0.4, -0.2) is 15.9 Å². The third kappa shape index (κ3) is 2.92. The number of aromatic nitrogens is 2. The van der Waals surface area contributed by atoms with Crippen molar-refractivity contribution in [3.63, 3.8) is 0 Å². The van der Waals surface area contributed by atoms with Crippen LogP contribution in [0.5, 0.6) is 0 Å². The fourth-order valence-electron chi connectivity index (χ4n) is 1.30. The van der Waals surface area contributed by atoms with E-state index in [4.69, 9.17) is 17.3 Å². The molecule has 0 bridgehead atoms. The molecule has 0 fully saturated rings. The predicted molar refractivity (Wildman–Crippen MR) is 65.2 cm³/mol. The molecule has 0 atom stereocenters. The van der Waals surface area contributed by atoms with Crippen LogP contribution < -0.4 is 5.73 Å². The molecule has 17 heavy (non-hydrogen) atoms. The van der Waals surface area contributed by atoms with E-state index in [9.17, 15) is 4.79 Å². The molecule has 0 radical (unpaired) electrons. The summed E-state index contributed by atoms with van der Waals surface area (Å²) in [6.07, 6.45) is 1.53. The minimum atomic E-state index is -0.443. The zero-order chi connectivity index (χ0) is 12.3. The molecule has 0 saturated heterocycles. The summed E-state index contributed by atoms with van der Waals surface area (Å²) in [5.74, 6) is 5.06. The average Bonchev–Trinajstić information content (AvgIpc) is 2.28. The van der Waals surface area contributed by atoms with Crippen molar-refractivity contribution in [2.24, 2.45) is 5.73 Å². The molecule has 1 aromatic carbocycles. The Kier molecular flexibility index (Phi) is 3.22. The molecule has 2 aromatic rings. The van der Waals surface area contributed by atoms with E-state index in [1.165, 1.54) is 6.20 Å². The van der Waals surface area contributed by atoms with Gasteiger partial charge in [-0.15, -0.1) is 0 Å². The summed E-state index contributed by atoms with van der Waals surface area (Å²) in [6, 6.07) is 5.37. The van der Waals surface area contributed by atoms with Crippen molar-refractivity contribution in [3.05, 3.63) is 35.1 Å². The van der Waals surface area contributed by atoms with E-state index >= 15 is 0 Å². The van der Waals surface area contributed by atoms with Gasteiger partial charge in [-0.25, -0.2) is 4.98 Å². The highest BCUT2D eigenvalue weighted by Gasteiger charge is 1.98. The molecule has 2 N–H and O–H groups in total. The van der Waals surface area contributed by atoms with Gasteiger partial charge in [0, 0.05) is 5.56 Å². The van der Waals surface area contributed by atoms with Gasteiger partial charge in [-0.3, -0.25) is 9.78 Å². The second kappa shape index (κ2) is 4.81. The number of hydrogen-bond acceptors (Lipinski definition) is 3. The van der Waals surface area contributed by atoms with Gasteiger partial charge in [-0.05, 0) is 18.2 Å². The van der Waals surface area contributed by atoms with E-state index in [0.717, 1.165) is 11.1 Å². The van der Waals surface area contributed by atoms with Crippen LogP contribution in [0.3, 0.4) is 0 Å². The number of primary amides is 1. The first kappa shape index (κ1) is 11.4. The second-order valence-corrected chi connectivity index (χ2v) is 3.73. The lowest BCUT2D eigenvalue weighted by Crippen LogP contribution is -2.08. The Balaban J connectivity index is 2.36. The highest BCUT2D eigenvalue weighted by molar-refractivity contribution is 6.29. The van der Waals surface area contributed by atoms with E-state index in [-0.39, 0.29) is 6.42 Å². The van der Waals surface area contributed by atoms with Crippen LogP contribution in [0.1, 0.15) is 12.0 Å². The number of amides is 1. The number of benzene rings is 1. The molecule has 0 aliphatic rings. The number of fused-ring (bicyclic) bond motifs is 1. The molecular weight excluding hydrogens is 238 g/mol.